The molecule has 0 spiro atoms. The first-order valence-corrected chi connectivity index (χ1v) is 9.50. The number of carbonyl (C=O) groups is 2. The van der Waals surface area contributed by atoms with Crippen molar-refractivity contribution in [3.63, 3.8) is 0 Å². The van der Waals surface area contributed by atoms with Crippen molar-refractivity contribution >= 4 is 44.4 Å². The molecule has 1 N–H and O–H groups in total. The molecule has 0 aliphatic carbocycles. The Balaban J connectivity index is 1.76. The summed E-state index contributed by atoms with van der Waals surface area (Å²) in [7, 11) is 3.13. The molecule has 0 aliphatic rings. The van der Waals surface area contributed by atoms with E-state index in [4.69, 9.17) is 9.15 Å². The number of ether oxygens (including phenoxy) is 1. The van der Waals surface area contributed by atoms with Crippen molar-refractivity contribution in [2.24, 2.45) is 0 Å². The first-order chi connectivity index (χ1) is 13.4. The van der Waals surface area contributed by atoms with E-state index in [-0.39, 0.29) is 30.7 Å². The number of aryl methyl sites for hydroxylation is 1. The smallest absolute Gasteiger partial charge is 0.290 e. The molecule has 0 aliphatic heterocycles. The summed E-state index contributed by atoms with van der Waals surface area (Å²) >= 11 is 3.40. The molecule has 2 aromatic carbocycles. The van der Waals surface area contributed by atoms with Crippen molar-refractivity contribution in [3.8, 4) is 0 Å². The quantitative estimate of drug-likeness (QED) is 0.612. The highest BCUT2D eigenvalue weighted by molar-refractivity contribution is 9.10. The number of amides is 2. The minimum absolute atomic E-state index is 0.0994. The second-order valence-corrected chi connectivity index (χ2v) is 7.42. The van der Waals surface area contributed by atoms with Gasteiger partial charge in [-0.3, -0.25) is 9.59 Å². The fourth-order valence-electron chi connectivity index (χ4n) is 2.98. The molecule has 146 valence electrons. The molecule has 6 nitrogen and oxygen atoms in total. The predicted molar refractivity (Wildman–Crippen MR) is 111 cm³/mol. The highest BCUT2D eigenvalue weighted by Gasteiger charge is 2.24. The summed E-state index contributed by atoms with van der Waals surface area (Å²) in [5, 5.41) is 3.66. The van der Waals surface area contributed by atoms with Crippen molar-refractivity contribution in [2.75, 3.05) is 26.0 Å². The van der Waals surface area contributed by atoms with E-state index < -0.39 is 0 Å². The number of anilines is 1. The van der Waals surface area contributed by atoms with Crippen LogP contribution in [0.4, 0.5) is 5.69 Å². The molecule has 0 radical (unpaired) electrons. The molecule has 1 heterocycles. The van der Waals surface area contributed by atoms with Crippen molar-refractivity contribution in [1.29, 1.82) is 0 Å². The Hall–Kier alpha value is -2.64. The van der Waals surface area contributed by atoms with Crippen LogP contribution < -0.4 is 5.32 Å². The summed E-state index contributed by atoms with van der Waals surface area (Å²) in [5.74, 6) is -0.463. The first-order valence-electron chi connectivity index (χ1n) is 8.71. The van der Waals surface area contributed by atoms with E-state index in [0.29, 0.717) is 16.8 Å². The number of nitrogens with zero attached hydrogens (tertiary/aromatic N) is 1. The molecule has 3 rings (SSSR count). The average Bonchev–Trinajstić information content (AvgIpc) is 3.02. The third kappa shape index (κ3) is 4.26. The molecular weight excluding hydrogens is 424 g/mol. The number of furan rings is 1. The van der Waals surface area contributed by atoms with E-state index in [1.54, 1.807) is 20.2 Å². The summed E-state index contributed by atoms with van der Waals surface area (Å²) in [5.41, 5.74) is 2.93. The van der Waals surface area contributed by atoms with Gasteiger partial charge in [0.15, 0.2) is 5.76 Å². The number of likely N-dealkylation sites (N-methyl/N-ethyl adjacent to an activating group) is 1. The van der Waals surface area contributed by atoms with Gasteiger partial charge in [-0.15, -0.1) is 0 Å². The molecule has 0 bridgehead atoms. The summed E-state index contributed by atoms with van der Waals surface area (Å²) in [6.45, 7) is 2.05. The number of carbonyl (C=O) groups excluding carboxylic acids is 2. The van der Waals surface area contributed by atoms with Crippen LogP contribution >= 0.6 is 15.9 Å². The molecule has 2 amide bonds. The summed E-state index contributed by atoms with van der Waals surface area (Å²) < 4.78 is 11.9. The van der Waals surface area contributed by atoms with Crippen molar-refractivity contribution in [2.45, 2.75) is 13.5 Å². The zero-order chi connectivity index (χ0) is 20.3. The van der Waals surface area contributed by atoms with Crippen molar-refractivity contribution in [1.82, 2.24) is 4.90 Å². The van der Waals surface area contributed by atoms with Gasteiger partial charge in [0.1, 0.15) is 5.58 Å². The van der Waals surface area contributed by atoms with E-state index in [0.717, 1.165) is 15.4 Å². The molecule has 0 atom stereocenters. The highest BCUT2D eigenvalue weighted by atomic mass is 79.9. The van der Waals surface area contributed by atoms with E-state index in [1.807, 2.05) is 43.3 Å². The lowest BCUT2D eigenvalue weighted by Gasteiger charge is -2.17. The lowest BCUT2D eigenvalue weighted by Crippen LogP contribution is -2.35. The van der Waals surface area contributed by atoms with Crippen LogP contribution in [0.1, 0.15) is 21.7 Å². The number of halogens is 1. The summed E-state index contributed by atoms with van der Waals surface area (Å²) in [4.78, 5) is 26.6. The molecule has 0 fully saturated rings. The van der Waals surface area contributed by atoms with E-state index in [2.05, 4.69) is 21.2 Å². The number of nitrogens with one attached hydrogen (secondary N) is 1. The van der Waals surface area contributed by atoms with Gasteiger partial charge >= 0.3 is 0 Å². The van der Waals surface area contributed by atoms with Gasteiger partial charge < -0.3 is 19.4 Å². The van der Waals surface area contributed by atoms with Crippen LogP contribution in [0.5, 0.6) is 0 Å². The second-order valence-electron chi connectivity index (χ2n) is 6.51. The van der Waals surface area contributed by atoms with Gasteiger partial charge in [0, 0.05) is 35.3 Å². The molecule has 0 unspecified atom stereocenters. The third-order valence-electron chi connectivity index (χ3n) is 4.37. The molecule has 1 aromatic heterocycles. The summed E-state index contributed by atoms with van der Waals surface area (Å²) in [6.07, 6.45) is 0. The van der Waals surface area contributed by atoms with E-state index >= 15 is 0 Å². The predicted octanol–water partition coefficient (Wildman–Crippen LogP) is 4.36. The lowest BCUT2D eigenvalue weighted by molar-refractivity contribution is -0.116. The first kappa shape index (κ1) is 20.1. The zero-order valence-electron chi connectivity index (χ0n) is 15.9. The van der Waals surface area contributed by atoms with Crippen molar-refractivity contribution < 1.29 is 18.7 Å². The number of rotatable bonds is 6. The van der Waals surface area contributed by atoms with E-state index in [9.17, 15) is 9.59 Å². The van der Waals surface area contributed by atoms with Gasteiger partial charge in [0.05, 0.1) is 13.2 Å². The van der Waals surface area contributed by atoms with Crippen LogP contribution in [0.3, 0.4) is 0 Å². The molecule has 3 aromatic rings. The van der Waals surface area contributed by atoms with Crippen LogP contribution in [0.15, 0.2) is 51.4 Å². The number of benzene rings is 2. The van der Waals surface area contributed by atoms with Crippen LogP contribution in [0.25, 0.3) is 11.0 Å². The van der Waals surface area contributed by atoms with E-state index in [1.165, 1.54) is 4.90 Å². The number of methoxy groups -OCH3 is 1. The van der Waals surface area contributed by atoms with Gasteiger partial charge in [-0.2, -0.15) is 0 Å². The second kappa shape index (κ2) is 8.58. The maximum atomic E-state index is 12.9. The number of fused-ring (bicyclic) bond motifs is 1. The maximum absolute atomic E-state index is 12.9. The minimum atomic E-state index is -0.370. The fraction of sp³-hybridized carbons (Fsp3) is 0.238. The van der Waals surface area contributed by atoms with Crippen LogP contribution in [0, 0.1) is 6.92 Å². The molecule has 0 saturated carbocycles. The normalized spacial score (nSPS) is 10.9. The standard InChI is InChI=1S/C21H21BrN2O4/c1-13-10-14(22)8-9-17(13)23-19(25)11-24(2)21(26)20-16(12-27-3)15-6-4-5-7-18(15)28-20/h4-10H,11-12H2,1-3H3,(H,23,25). The van der Waals surface area contributed by atoms with Gasteiger partial charge in [-0.1, -0.05) is 34.1 Å². The highest BCUT2D eigenvalue weighted by Crippen LogP contribution is 2.27. The molecular formula is C21H21BrN2O4. The van der Waals surface area contributed by atoms with Crippen LogP contribution in [-0.4, -0.2) is 37.4 Å². The number of hydrogen-bond donors (Lipinski definition) is 1. The monoisotopic (exact) mass is 444 g/mol. The Morgan fingerprint density at radius 3 is 2.68 bits per heavy atom. The minimum Gasteiger partial charge on any atom is -0.451 e. The number of para-hydroxylation sites is 1. The Kier molecular flexibility index (Phi) is 6.16. The van der Waals surface area contributed by atoms with Gasteiger partial charge in [-0.05, 0) is 36.8 Å². The molecule has 28 heavy (non-hydrogen) atoms. The zero-order valence-corrected chi connectivity index (χ0v) is 17.5. The Morgan fingerprint density at radius 1 is 1.21 bits per heavy atom. The van der Waals surface area contributed by atoms with Gasteiger partial charge in [-0.25, -0.2) is 0 Å². The lowest BCUT2D eigenvalue weighted by atomic mass is 10.1. The Labute approximate surface area is 171 Å². The Bertz CT molecular complexity index is 1030. The average molecular weight is 445 g/mol. The molecule has 7 heteroatoms. The van der Waals surface area contributed by atoms with Gasteiger partial charge in [0.2, 0.25) is 5.91 Å². The maximum Gasteiger partial charge on any atom is 0.290 e. The SMILES string of the molecule is COCc1c(C(=O)N(C)CC(=O)Nc2ccc(Br)cc2C)oc2ccccc12. The largest absolute Gasteiger partial charge is 0.451 e. The van der Waals surface area contributed by atoms with Crippen LogP contribution in [0.2, 0.25) is 0 Å². The van der Waals surface area contributed by atoms with Crippen LogP contribution in [-0.2, 0) is 16.1 Å². The Morgan fingerprint density at radius 2 is 1.96 bits per heavy atom. The van der Waals surface area contributed by atoms with Crippen molar-refractivity contribution in [3.05, 3.63) is 63.8 Å². The third-order valence-corrected chi connectivity index (χ3v) is 4.86. The summed E-state index contributed by atoms with van der Waals surface area (Å²) in [6, 6.07) is 13.0. The topological polar surface area (TPSA) is 71.8 Å². The van der Waals surface area contributed by atoms with Gasteiger partial charge in [0.25, 0.3) is 5.91 Å². The fourth-order valence-corrected chi connectivity index (χ4v) is 3.45. The molecule has 0 saturated heterocycles. The number of hydrogen-bond acceptors (Lipinski definition) is 4.